The maximum Gasteiger partial charge on any atom is 0.359 e. The molecule has 0 saturated heterocycles. The SMILES string of the molecule is O=c1oc2ccccc2c(O)c1S(=O)(=O)Cc1cccc([N+](=O)[O-])c1. The predicted octanol–water partition coefficient (Wildman–Crippen LogP) is 2.38. The molecule has 8 nitrogen and oxygen atoms in total. The van der Waals surface area contributed by atoms with Crippen LogP contribution in [-0.4, -0.2) is 18.4 Å². The van der Waals surface area contributed by atoms with Gasteiger partial charge in [-0.05, 0) is 17.7 Å². The number of hydrogen-bond donors (Lipinski definition) is 1. The Morgan fingerprint density at radius 1 is 1.12 bits per heavy atom. The van der Waals surface area contributed by atoms with Gasteiger partial charge < -0.3 is 9.52 Å². The zero-order chi connectivity index (χ0) is 18.2. The van der Waals surface area contributed by atoms with E-state index in [0.29, 0.717) is 0 Å². The maximum absolute atomic E-state index is 12.6. The van der Waals surface area contributed by atoms with Crippen LogP contribution in [-0.2, 0) is 15.6 Å². The van der Waals surface area contributed by atoms with Crippen molar-refractivity contribution < 1.29 is 22.9 Å². The lowest BCUT2D eigenvalue weighted by Crippen LogP contribution is -2.16. The lowest BCUT2D eigenvalue weighted by Gasteiger charge is -2.07. The van der Waals surface area contributed by atoms with E-state index in [1.807, 2.05) is 0 Å². The highest BCUT2D eigenvalue weighted by atomic mass is 32.2. The Bertz CT molecular complexity index is 1150. The van der Waals surface area contributed by atoms with Gasteiger partial charge in [-0.3, -0.25) is 10.1 Å². The fourth-order valence-corrected chi connectivity index (χ4v) is 3.91. The van der Waals surface area contributed by atoms with E-state index in [1.54, 1.807) is 12.1 Å². The van der Waals surface area contributed by atoms with Crippen molar-refractivity contribution in [1.82, 2.24) is 0 Å². The number of sulfone groups is 1. The number of hydrogen-bond acceptors (Lipinski definition) is 7. The standard InChI is InChI=1S/C16H11NO7S/c18-14-12-6-1-2-7-13(12)24-16(19)15(14)25(22,23)9-10-4-3-5-11(8-10)17(20)21/h1-8,18H,9H2. The van der Waals surface area contributed by atoms with Crippen LogP contribution in [0.4, 0.5) is 5.69 Å². The van der Waals surface area contributed by atoms with E-state index < -0.39 is 36.8 Å². The van der Waals surface area contributed by atoms with Crippen LogP contribution in [0.3, 0.4) is 0 Å². The van der Waals surface area contributed by atoms with E-state index in [4.69, 9.17) is 4.42 Å². The van der Waals surface area contributed by atoms with Gasteiger partial charge in [-0.25, -0.2) is 13.2 Å². The summed E-state index contributed by atoms with van der Waals surface area (Å²) in [6.07, 6.45) is 0. The molecule has 0 aliphatic carbocycles. The van der Waals surface area contributed by atoms with Gasteiger partial charge in [0.05, 0.1) is 16.1 Å². The number of non-ortho nitro benzene ring substituents is 1. The van der Waals surface area contributed by atoms with E-state index in [-0.39, 0.29) is 22.2 Å². The van der Waals surface area contributed by atoms with Crippen molar-refractivity contribution in [2.75, 3.05) is 0 Å². The summed E-state index contributed by atoms with van der Waals surface area (Å²) in [6.45, 7) is 0. The highest BCUT2D eigenvalue weighted by Crippen LogP contribution is 2.30. The number of nitro groups is 1. The number of nitrogens with zero attached hydrogens (tertiary/aromatic N) is 1. The van der Waals surface area contributed by atoms with Crippen LogP contribution in [0.25, 0.3) is 11.0 Å². The summed E-state index contributed by atoms with van der Waals surface area (Å²) in [5.41, 5.74) is -1.30. The molecule has 25 heavy (non-hydrogen) atoms. The average molecular weight is 361 g/mol. The molecule has 0 aliphatic heterocycles. The summed E-state index contributed by atoms with van der Waals surface area (Å²) < 4.78 is 30.1. The zero-order valence-electron chi connectivity index (χ0n) is 12.6. The summed E-state index contributed by atoms with van der Waals surface area (Å²) in [7, 11) is -4.29. The Morgan fingerprint density at radius 2 is 1.84 bits per heavy atom. The molecular weight excluding hydrogens is 350 g/mol. The Labute approximate surface area is 141 Å². The molecule has 0 radical (unpaired) electrons. The largest absolute Gasteiger partial charge is 0.506 e. The van der Waals surface area contributed by atoms with Crippen LogP contribution in [0.2, 0.25) is 0 Å². The summed E-state index contributed by atoms with van der Waals surface area (Å²) in [5, 5.41) is 21.1. The molecule has 0 saturated carbocycles. The molecule has 9 heteroatoms. The third kappa shape index (κ3) is 3.09. The van der Waals surface area contributed by atoms with E-state index in [1.165, 1.54) is 30.3 Å². The number of rotatable bonds is 4. The first-order valence-corrected chi connectivity index (χ1v) is 8.66. The van der Waals surface area contributed by atoms with Crippen LogP contribution in [0.15, 0.2) is 62.6 Å². The molecule has 0 aliphatic rings. The van der Waals surface area contributed by atoms with Crippen molar-refractivity contribution in [3.63, 3.8) is 0 Å². The highest BCUT2D eigenvalue weighted by Gasteiger charge is 2.27. The van der Waals surface area contributed by atoms with Crippen LogP contribution in [0.5, 0.6) is 5.75 Å². The van der Waals surface area contributed by atoms with Crippen LogP contribution in [0, 0.1) is 10.1 Å². The van der Waals surface area contributed by atoms with E-state index in [2.05, 4.69) is 0 Å². The van der Waals surface area contributed by atoms with E-state index >= 15 is 0 Å². The van der Waals surface area contributed by atoms with Crippen molar-refractivity contribution in [3.8, 4) is 5.75 Å². The molecule has 1 N–H and O–H groups in total. The van der Waals surface area contributed by atoms with Crippen LogP contribution < -0.4 is 5.63 Å². The summed E-state index contributed by atoms with van der Waals surface area (Å²) in [5.74, 6) is -1.39. The smallest absolute Gasteiger partial charge is 0.359 e. The molecule has 2 aromatic carbocycles. The van der Waals surface area contributed by atoms with Crippen molar-refractivity contribution in [2.45, 2.75) is 10.6 Å². The molecule has 128 valence electrons. The first-order chi connectivity index (χ1) is 11.8. The quantitative estimate of drug-likeness (QED) is 0.429. The monoisotopic (exact) mass is 361 g/mol. The van der Waals surface area contributed by atoms with Crippen molar-refractivity contribution in [1.29, 1.82) is 0 Å². The lowest BCUT2D eigenvalue weighted by molar-refractivity contribution is -0.384. The minimum absolute atomic E-state index is 0.0549. The predicted molar refractivity (Wildman–Crippen MR) is 88.1 cm³/mol. The molecule has 1 aromatic heterocycles. The summed E-state index contributed by atoms with van der Waals surface area (Å²) in [6, 6.07) is 11.0. The van der Waals surface area contributed by atoms with Crippen LogP contribution >= 0.6 is 0 Å². The third-order valence-corrected chi connectivity index (χ3v) is 5.23. The highest BCUT2D eigenvalue weighted by molar-refractivity contribution is 7.90. The number of benzene rings is 2. The minimum Gasteiger partial charge on any atom is -0.506 e. The minimum atomic E-state index is -4.29. The second-order valence-corrected chi connectivity index (χ2v) is 7.18. The van der Waals surface area contributed by atoms with Gasteiger partial charge in [-0.15, -0.1) is 0 Å². The molecule has 0 unspecified atom stereocenters. The normalized spacial score (nSPS) is 11.5. The molecule has 0 fully saturated rings. The van der Waals surface area contributed by atoms with Gasteiger partial charge in [0.1, 0.15) is 5.58 Å². The van der Waals surface area contributed by atoms with Gasteiger partial charge in [0.25, 0.3) is 5.69 Å². The Balaban J connectivity index is 2.12. The second kappa shape index (κ2) is 6.02. The molecule has 0 atom stereocenters. The van der Waals surface area contributed by atoms with Gasteiger partial charge in [-0.2, -0.15) is 0 Å². The topological polar surface area (TPSA) is 128 Å². The number of nitro benzene ring substituents is 1. The van der Waals surface area contributed by atoms with Crippen LogP contribution in [0.1, 0.15) is 5.56 Å². The fourth-order valence-electron chi connectivity index (χ4n) is 2.44. The Kier molecular flexibility index (Phi) is 4.01. The molecule has 3 aromatic rings. The molecular formula is C16H11NO7S. The summed E-state index contributed by atoms with van der Waals surface area (Å²) >= 11 is 0. The molecule has 0 amide bonds. The number of fused-ring (bicyclic) bond motifs is 1. The van der Waals surface area contributed by atoms with Gasteiger partial charge in [-0.1, -0.05) is 24.3 Å². The number of para-hydroxylation sites is 1. The second-order valence-electron chi connectivity index (χ2n) is 5.25. The van der Waals surface area contributed by atoms with Gasteiger partial charge in [0, 0.05) is 12.1 Å². The van der Waals surface area contributed by atoms with Crippen molar-refractivity contribution in [3.05, 3.63) is 74.6 Å². The molecule has 0 spiro atoms. The summed E-state index contributed by atoms with van der Waals surface area (Å²) in [4.78, 5) is 21.3. The first kappa shape index (κ1) is 16.7. The van der Waals surface area contributed by atoms with Crippen molar-refractivity contribution in [2.24, 2.45) is 0 Å². The first-order valence-electron chi connectivity index (χ1n) is 7.00. The zero-order valence-corrected chi connectivity index (χ0v) is 13.4. The fraction of sp³-hybridized carbons (Fsp3) is 0.0625. The van der Waals surface area contributed by atoms with Gasteiger partial charge in [0.15, 0.2) is 20.5 Å². The van der Waals surface area contributed by atoms with Crippen molar-refractivity contribution >= 4 is 26.5 Å². The molecule has 0 bridgehead atoms. The average Bonchev–Trinajstić information content (AvgIpc) is 2.54. The van der Waals surface area contributed by atoms with E-state index in [0.717, 1.165) is 6.07 Å². The molecule has 3 rings (SSSR count). The molecule has 1 heterocycles. The third-order valence-electron chi connectivity index (χ3n) is 3.53. The maximum atomic E-state index is 12.6. The lowest BCUT2D eigenvalue weighted by atomic mass is 10.2. The van der Waals surface area contributed by atoms with Gasteiger partial charge >= 0.3 is 5.63 Å². The van der Waals surface area contributed by atoms with E-state index in [9.17, 15) is 28.4 Å². The Hall–Kier alpha value is -3.20. The Morgan fingerprint density at radius 3 is 2.56 bits per heavy atom. The van der Waals surface area contributed by atoms with Gasteiger partial charge in [0.2, 0.25) is 0 Å². The number of aromatic hydroxyl groups is 1.